The highest BCUT2D eigenvalue weighted by atomic mass is 16.6. The zero-order valence-corrected chi connectivity index (χ0v) is 9.66. The minimum absolute atomic E-state index is 0.209. The van der Waals surface area contributed by atoms with Crippen molar-refractivity contribution in [3.8, 4) is 0 Å². The third-order valence-electron chi connectivity index (χ3n) is 3.07. The van der Waals surface area contributed by atoms with Crippen LogP contribution in [0.3, 0.4) is 0 Å². The molecule has 0 radical (unpaired) electrons. The molecule has 0 aliphatic carbocycles. The molecule has 1 aliphatic heterocycles. The molecule has 1 fully saturated rings. The maximum absolute atomic E-state index is 10.3. The third-order valence-corrected chi connectivity index (χ3v) is 3.07. The van der Waals surface area contributed by atoms with E-state index >= 15 is 0 Å². The number of nitro groups is 1. The van der Waals surface area contributed by atoms with Crippen LogP contribution in [0.25, 0.3) is 0 Å². The molecule has 0 aromatic heterocycles. The summed E-state index contributed by atoms with van der Waals surface area (Å²) in [5.41, 5.74) is 1.26. The topological polar surface area (TPSA) is 46.4 Å². The average molecular weight is 232 g/mol. The molecular formula is C13H16N2O2. The number of hydrogen-bond donors (Lipinski definition) is 0. The monoisotopic (exact) mass is 232 g/mol. The van der Waals surface area contributed by atoms with Gasteiger partial charge >= 0.3 is 0 Å². The van der Waals surface area contributed by atoms with Crippen molar-refractivity contribution in [2.24, 2.45) is 0 Å². The fourth-order valence-corrected chi connectivity index (χ4v) is 2.25. The second kappa shape index (κ2) is 5.59. The molecule has 0 bridgehead atoms. The van der Waals surface area contributed by atoms with E-state index in [-0.39, 0.29) is 11.0 Å². The molecule has 1 aromatic carbocycles. The van der Waals surface area contributed by atoms with E-state index < -0.39 is 0 Å². The predicted molar refractivity (Wildman–Crippen MR) is 66.0 cm³/mol. The molecule has 1 saturated heterocycles. The first-order valence-electron chi connectivity index (χ1n) is 5.85. The van der Waals surface area contributed by atoms with Gasteiger partial charge < -0.3 is 0 Å². The molecule has 4 nitrogen and oxygen atoms in total. The second-order valence-corrected chi connectivity index (χ2v) is 4.29. The van der Waals surface area contributed by atoms with Crippen LogP contribution in [0.5, 0.6) is 0 Å². The number of hydrogen-bond acceptors (Lipinski definition) is 3. The average Bonchev–Trinajstić information content (AvgIpc) is 2.75. The third kappa shape index (κ3) is 3.39. The van der Waals surface area contributed by atoms with E-state index in [1.165, 1.54) is 5.56 Å². The lowest BCUT2D eigenvalue weighted by molar-refractivity contribution is -0.402. The zero-order chi connectivity index (χ0) is 12.1. The van der Waals surface area contributed by atoms with Gasteiger partial charge in [0.15, 0.2) is 0 Å². The van der Waals surface area contributed by atoms with Gasteiger partial charge in [-0.1, -0.05) is 30.3 Å². The van der Waals surface area contributed by atoms with Crippen LogP contribution in [0.15, 0.2) is 42.6 Å². The van der Waals surface area contributed by atoms with Gasteiger partial charge in [0.1, 0.15) is 0 Å². The molecule has 4 heteroatoms. The van der Waals surface area contributed by atoms with Gasteiger partial charge in [-0.3, -0.25) is 15.0 Å². The van der Waals surface area contributed by atoms with E-state index in [0.29, 0.717) is 0 Å². The van der Waals surface area contributed by atoms with Crippen LogP contribution in [0.1, 0.15) is 18.4 Å². The Balaban J connectivity index is 1.98. The normalized spacial score (nSPS) is 21.1. The summed E-state index contributed by atoms with van der Waals surface area (Å²) in [7, 11) is 0. The van der Waals surface area contributed by atoms with Gasteiger partial charge in [0, 0.05) is 18.7 Å². The molecule has 90 valence electrons. The van der Waals surface area contributed by atoms with E-state index in [1.807, 2.05) is 18.2 Å². The van der Waals surface area contributed by atoms with Crippen molar-refractivity contribution < 1.29 is 4.92 Å². The van der Waals surface area contributed by atoms with E-state index in [2.05, 4.69) is 17.0 Å². The first-order valence-corrected chi connectivity index (χ1v) is 5.85. The molecule has 1 aromatic rings. The quantitative estimate of drug-likeness (QED) is 0.591. The Labute approximate surface area is 101 Å². The molecule has 1 unspecified atom stereocenters. The first kappa shape index (κ1) is 11.8. The summed E-state index contributed by atoms with van der Waals surface area (Å²) in [6.45, 7) is 1.88. The summed E-state index contributed by atoms with van der Waals surface area (Å²) in [6.07, 6.45) is 4.89. The van der Waals surface area contributed by atoms with Crippen molar-refractivity contribution in [1.82, 2.24) is 4.90 Å². The van der Waals surface area contributed by atoms with E-state index in [9.17, 15) is 10.1 Å². The standard InChI is InChI=1S/C13H16N2O2/c16-15(17)10-8-13-7-4-9-14(13)11-12-5-2-1-3-6-12/h1-3,5-6,8,10,13H,4,7,9,11H2/b10-8+. The highest BCUT2D eigenvalue weighted by Gasteiger charge is 2.22. The molecule has 0 N–H and O–H groups in total. The lowest BCUT2D eigenvalue weighted by Crippen LogP contribution is -2.27. The fourth-order valence-electron chi connectivity index (χ4n) is 2.25. The van der Waals surface area contributed by atoms with Crippen molar-refractivity contribution in [2.75, 3.05) is 6.54 Å². The minimum Gasteiger partial charge on any atom is -0.292 e. The van der Waals surface area contributed by atoms with Crippen molar-refractivity contribution in [3.63, 3.8) is 0 Å². The summed E-state index contributed by atoms with van der Waals surface area (Å²) < 4.78 is 0. The van der Waals surface area contributed by atoms with Crippen molar-refractivity contribution in [2.45, 2.75) is 25.4 Å². The van der Waals surface area contributed by atoms with Gasteiger partial charge in [-0.2, -0.15) is 0 Å². The van der Waals surface area contributed by atoms with Gasteiger partial charge in [0.25, 0.3) is 0 Å². The van der Waals surface area contributed by atoms with Crippen molar-refractivity contribution in [3.05, 3.63) is 58.3 Å². The van der Waals surface area contributed by atoms with Crippen LogP contribution in [-0.2, 0) is 6.54 Å². The molecule has 0 saturated carbocycles. The molecule has 1 heterocycles. The van der Waals surface area contributed by atoms with Gasteiger partial charge in [-0.15, -0.1) is 0 Å². The van der Waals surface area contributed by atoms with Crippen LogP contribution < -0.4 is 0 Å². The maximum Gasteiger partial charge on any atom is 0.232 e. The van der Waals surface area contributed by atoms with Gasteiger partial charge in [-0.25, -0.2) is 0 Å². The van der Waals surface area contributed by atoms with Crippen LogP contribution in [0.4, 0.5) is 0 Å². The summed E-state index contributed by atoms with van der Waals surface area (Å²) in [4.78, 5) is 12.2. The van der Waals surface area contributed by atoms with Crippen LogP contribution in [-0.4, -0.2) is 22.4 Å². The Morgan fingerprint density at radius 3 is 2.88 bits per heavy atom. The van der Waals surface area contributed by atoms with E-state index in [4.69, 9.17) is 0 Å². The smallest absolute Gasteiger partial charge is 0.232 e. The number of likely N-dealkylation sites (tertiary alicyclic amines) is 1. The Kier molecular flexibility index (Phi) is 3.88. The van der Waals surface area contributed by atoms with Gasteiger partial charge in [-0.05, 0) is 24.9 Å². The van der Waals surface area contributed by atoms with Crippen LogP contribution in [0, 0.1) is 10.1 Å². The number of rotatable bonds is 4. The molecule has 1 aliphatic rings. The predicted octanol–water partition coefficient (Wildman–Crippen LogP) is 2.44. The van der Waals surface area contributed by atoms with Crippen LogP contribution >= 0.6 is 0 Å². The van der Waals surface area contributed by atoms with Crippen LogP contribution in [0.2, 0.25) is 0 Å². The molecule has 1 atom stereocenters. The Morgan fingerprint density at radius 2 is 2.18 bits per heavy atom. The summed E-state index contributed by atoms with van der Waals surface area (Å²) in [5.74, 6) is 0. The lowest BCUT2D eigenvalue weighted by Gasteiger charge is -2.21. The molecule has 0 amide bonds. The summed E-state index contributed by atoms with van der Waals surface area (Å²) in [6, 6.07) is 10.4. The largest absolute Gasteiger partial charge is 0.292 e. The number of benzene rings is 1. The highest BCUT2D eigenvalue weighted by Crippen LogP contribution is 2.20. The molecule has 0 spiro atoms. The summed E-state index contributed by atoms with van der Waals surface area (Å²) in [5, 5.41) is 10.3. The van der Waals surface area contributed by atoms with Crippen molar-refractivity contribution >= 4 is 0 Å². The Hall–Kier alpha value is -1.68. The number of nitrogens with zero attached hydrogens (tertiary/aromatic N) is 2. The van der Waals surface area contributed by atoms with E-state index in [0.717, 1.165) is 32.1 Å². The van der Waals surface area contributed by atoms with Crippen molar-refractivity contribution in [1.29, 1.82) is 0 Å². The molecule has 17 heavy (non-hydrogen) atoms. The lowest BCUT2D eigenvalue weighted by atomic mass is 10.2. The van der Waals surface area contributed by atoms with Gasteiger partial charge in [0.05, 0.1) is 4.92 Å². The fraction of sp³-hybridized carbons (Fsp3) is 0.385. The minimum atomic E-state index is -0.390. The second-order valence-electron chi connectivity index (χ2n) is 4.29. The first-order chi connectivity index (χ1) is 8.25. The summed E-state index contributed by atoms with van der Waals surface area (Å²) >= 11 is 0. The van der Waals surface area contributed by atoms with E-state index in [1.54, 1.807) is 6.08 Å². The highest BCUT2D eigenvalue weighted by molar-refractivity contribution is 5.15. The SMILES string of the molecule is O=[N+]([O-])/C=C/C1CCCN1Cc1ccccc1. The molecular weight excluding hydrogens is 216 g/mol. The Bertz CT molecular complexity index is 403. The van der Waals surface area contributed by atoms with Gasteiger partial charge in [0.2, 0.25) is 6.20 Å². The Morgan fingerprint density at radius 1 is 1.41 bits per heavy atom. The maximum atomic E-state index is 10.3. The molecule has 2 rings (SSSR count). The zero-order valence-electron chi connectivity index (χ0n) is 9.66.